The molecule has 0 aliphatic heterocycles. The Morgan fingerprint density at radius 3 is 2.40 bits per heavy atom. The van der Waals surface area contributed by atoms with Crippen molar-refractivity contribution >= 4 is 0 Å². The molecule has 0 spiro atoms. The Morgan fingerprint density at radius 1 is 1.60 bits per heavy atom. The summed E-state index contributed by atoms with van der Waals surface area (Å²) in [7, 11) is 0. The topological polar surface area (TPSA) is 26.0 Å². The van der Waals surface area contributed by atoms with Gasteiger partial charge >= 0.3 is 5.92 Å². The third-order valence-electron chi connectivity index (χ3n) is 1.06. The lowest BCUT2D eigenvalue weighted by molar-refractivity contribution is -0.0105. The molecule has 1 heterocycles. The van der Waals surface area contributed by atoms with Gasteiger partial charge in [0.1, 0.15) is 0 Å². The minimum Gasteiger partial charge on any atom is -0.355 e. The van der Waals surface area contributed by atoms with E-state index >= 15 is 0 Å². The fourth-order valence-electron chi connectivity index (χ4n) is 0.570. The van der Waals surface area contributed by atoms with Gasteiger partial charge in [0, 0.05) is 13.0 Å². The first-order valence-electron chi connectivity index (χ1n) is 2.82. The van der Waals surface area contributed by atoms with Crippen LogP contribution in [0.4, 0.5) is 8.78 Å². The van der Waals surface area contributed by atoms with Gasteiger partial charge in [-0.1, -0.05) is 5.16 Å². The van der Waals surface area contributed by atoms with Gasteiger partial charge in [-0.2, -0.15) is 8.78 Å². The van der Waals surface area contributed by atoms with Crippen molar-refractivity contribution in [2.45, 2.75) is 19.8 Å². The Bertz CT molecular complexity index is 226. The van der Waals surface area contributed by atoms with Gasteiger partial charge < -0.3 is 4.52 Å². The van der Waals surface area contributed by atoms with E-state index < -0.39 is 5.92 Å². The van der Waals surface area contributed by atoms with Crippen LogP contribution < -0.4 is 0 Å². The fourth-order valence-corrected chi connectivity index (χ4v) is 0.570. The van der Waals surface area contributed by atoms with Crippen LogP contribution in [0.15, 0.2) is 10.6 Å². The van der Waals surface area contributed by atoms with E-state index in [0.717, 1.165) is 6.92 Å². The summed E-state index contributed by atoms with van der Waals surface area (Å²) in [6, 6.07) is 1.22. The van der Waals surface area contributed by atoms with Crippen molar-refractivity contribution in [2.24, 2.45) is 0 Å². The zero-order chi connectivity index (χ0) is 7.78. The largest absolute Gasteiger partial charge is 0.355 e. The predicted molar refractivity (Wildman–Crippen MR) is 30.8 cm³/mol. The molecule has 0 aromatic carbocycles. The lowest BCUT2D eigenvalue weighted by Crippen LogP contribution is -2.04. The van der Waals surface area contributed by atoms with Crippen LogP contribution >= 0.6 is 0 Å². The standard InChI is InChI=1S/C6H7F2NO/c1-4-3-5(10-9-4)6(2,7)8/h3H,1-2H3. The maximum atomic E-state index is 12.3. The Labute approximate surface area is 56.8 Å². The Morgan fingerprint density at radius 2 is 2.20 bits per heavy atom. The van der Waals surface area contributed by atoms with Crippen LogP contribution in [0.5, 0.6) is 0 Å². The van der Waals surface area contributed by atoms with Gasteiger partial charge in [-0.15, -0.1) is 0 Å². The summed E-state index contributed by atoms with van der Waals surface area (Å²) in [5.74, 6) is -3.30. The molecule has 0 N–H and O–H groups in total. The van der Waals surface area contributed by atoms with Crippen molar-refractivity contribution in [3.8, 4) is 0 Å². The molecule has 0 amide bonds. The average Bonchev–Trinajstić information content (AvgIpc) is 2.11. The van der Waals surface area contributed by atoms with Gasteiger partial charge in [0.2, 0.25) is 5.76 Å². The van der Waals surface area contributed by atoms with Crippen molar-refractivity contribution < 1.29 is 13.3 Å². The number of aryl methyl sites for hydroxylation is 1. The monoisotopic (exact) mass is 147 g/mol. The smallest absolute Gasteiger partial charge is 0.304 e. The summed E-state index contributed by atoms with van der Waals surface area (Å²) in [5.41, 5.74) is 0.469. The first kappa shape index (κ1) is 7.18. The van der Waals surface area contributed by atoms with Crippen LogP contribution in [0.1, 0.15) is 18.4 Å². The number of nitrogens with zero attached hydrogens (tertiary/aromatic N) is 1. The van der Waals surface area contributed by atoms with Crippen LogP contribution in [-0.4, -0.2) is 5.16 Å². The number of halogens is 2. The molecule has 0 radical (unpaired) electrons. The number of aromatic nitrogens is 1. The number of hydrogen-bond donors (Lipinski definition) is 0. The highest BCUT2D eigenvalue weighted by atomic mass is 19.3. The van der Waals surface area contributed by atoms with E-state index in [1.165, 1.54) is 6.07 Å². The van der Waals surface area contributed by atoms with E-state index in [9.17, 15) is 8.78 Å². The Kier molecular flexibility index (Phi) is 1.46. The van der Waals surface area contributed by atoms with Gasteiger partial charge in [-0.25, -0.2) is 0 Å². The van der Waals surface area contributed by atoms with E-state index in [1.807, 2.05) is 0 Å². The van der Waals surface area contributed by atoms with E-state index in [-0.39, 0.29) is 5.76 Å². The summed E-state index contributed by atoms with van der Waals surface area (Å²) in [6.45, 7) is 2.37. The molecular formula is C6H7F2NO. The van der Waals surface area contributed by atoms with Gasteiger partial charge in [0.25, 0.3) is 0 Å². The third kappa shape index (κ3) is 1.32. The number of hydrogen-bond acceptors (Lipinski definition) is 2. The van der Waals surface area contributed by atoms with Crippen LogP contribution in [0.25, 0.3) is 0 Å². The maximum Gasteiger partial charge on any atom is 0.304 e. The highest BCUT2D eigenvalue weighted by Crippen LogP contribution is 2.26. The van der Waals surface area contributed by atoms with E-state index in [0.29, 0.717) is 5.69 Å². The number of alkyl halides is 2. The van der Waals surface area contributed by atoms with Crippen LogP contribution in [0.2, 0.25) is 0 Å². The number of rotatable bonds is 1. The van der Waals surface area contributed by atoms with Crippen molar-refractivity contribution in [3.05, 3.63) is 17.5 Å². The first-order valence-corrected chi connectivity index (χ1v) is 2.82. The second-order valence-electron chi connectivity index (χ2n) is 2.22. The highest BCUT2D eigenvalue weighted by molar-refractivity contribution is 5.07. The van der Waals surface area contributed by atoms with Gasteiger partial charge in [-0.3, -0.25) is 0 Å². The van der Waals surface area contributed by atoms with Crippen molar-refractivity contribution in [3.63, 3.8) is 0 Å². The molecule has 10 heavy (non-hydrogen) atoms. The van der Waals surface area contributed by atoms with Gasteiger partial charge in [0.15, 0.2) is 0 Å². The zero-order valence-electron chi connectivity index (χ0n) is 5.69. The molecule has 0 fully saturated rings. The molecule has 0 atom stereocenters. The summed E-state index contributed by atoms with van der Waals surface area (Å²) < 4.78 is 29.0. The first-order chi connectivity index (χ1) is 4.50. The fraction of sp³-hybridized carbons (Fsp3) is 0.500. The normalized spacial score (nSPS) is 12.0. The minimum atomic E-state index is -2.92. The molecule has 0 saturated heterocycles. The molecule has 4 heteroatoms. The van der Waals surface area contributed by atoms with E-state index in [2.05, 4.69) is 9.68 Å². The zero-order valence-corrected chi connectivity index (χ0v) is 5.69. The van der Waals surface area contributed by atoms with Crippen molar-refractivity contribution in [1.29, 1.82) is 0 Å². The van der Waals surface area contributed by atoms with Crippen molar-refractivity contribution in [2.75, 3.05) is 0 Å². The summed E-state index contributed by atoms with van der Waals surface area (Å²) in [6.07, 6.45) is 0. The van der Waals surface area contributed by atoms with E-state index in [4.69, 9.17) is 0 Å². The molecule has 0 aliphatic rings. The molecule has 1 rings (SSSR count). The van der Waals surface area contributed by atoms with E-state index in [1.54, 1.807) is 6.92 Å². The van der Waals surface area contributed by atoms with Gasteiger partial charge in [0.05, 0.1) is 5.69 Å². The molecule has 56 valence electrons. The lowest BCUT2D eigenvalue weighted by Gasteiger charge is -2.02. The SMILES string of the molecule is Cc1cc(C(C)(F)F)on1. The highest BCUT2D eigenvalue weighted by Gasteiger charge is 2.29. The van der Waals surface area contributed by atoms with Gasteiger partial charge in [-0.05, 0) is 6.92 Å². The second kappa shape index (κ2) is 2.04. The molecule has 0 bridgehead atoms. The van der Waals surface area contributed by atoms with Crippen molar-refractivity contribution in [1.82, 2.24) is 5.16 Å². The Hall–Kier alpha value is -0.930. The minimum absolute atomic E-state index is 0.384. The van der Waals surface area contributed by atoms with Crippen LogP contribution in [0.3, 0.4) is 0 Å². The lowest BCUT2D eigenvalue weighted by atomic mass is 10.3. The summed E-state index contributed by atoms with van der Waals surface area (Å²) >= 11 is 0. The third-order valence-corrected chi connectivity index (χ3v) is 1.06. The maximum absolute atomic E-state index is 12.3. The molecule has 0 saturated carbocycles. The summed E-state index contributed by atoms with van der Waals surface area (Å²) in [4.78, 5) is 0. The second-order valence-corrected chi connectivity index (χ2v) is 2.22. The Balaban J connectivity index is 2.96. The summed E-state index contributed by atoms with van der Waals surface area (Å²) in [5, 5.41) is 3.33. The molecule has 2 nitrogen and oxygen atoms in total. The average molecular weight is 147 g/mol. The molecule has 1 aromatic rings. The van der Waals surface area contributed by atoms with Crippen LogP contribution in [0, 0.1) is 6.92 Å². The molecular weight excluding hydrogens is 140 g/mol. The molecule has 0 aliphatic carbocycles. The predicted octanol–water partition coefficient (Wildman–Crippen LogP) is 2.09. The molecule has 0 unspecified atom stereocenters. The van der Waals surface area contributed by atoms with Crippen LogP contribution in [-0.2, 0) is 5.92 Å². The molecule has 1 aromatic heterocycles. The quantitative estimate of drug-likeness (QED) is 0.607.